The summed E-state index contributed by atoms with van der Waals surface area (Å²) in [4.78, 5) is 40.4. The Morgan fingerprint density at radius 2 is 1.79 bits per heavy atom. The van der Waals surface area contributed by atoms with Gasteiger partial charge in [-0.15, -0.1) is 0 Å². The van der Waals surface area contributed by atoms with Crippen LogP contribution in [0, 0.1) is 0 Å². The number of carbonyl (C=O) groups excluding carboxylic acids is 3. The van der Waals surface area contributed by atoms with Crippen LogP contribution in [-0.4, -0.2) is 66.9 Å². The summed E-state index contributed by atoms with van der Waals surface area (Å²) < 4.78 is 15.8. The second-order valence-corrected chi connectivity index (χ2v) is 6.90. The molecule has 0 aliphatic carbocycles. The van der Waals surface area contributed by atoms with Crippen molar-refractivity contribution in [2.24, 2.45) is 0 Å². The van der Waals surface area contributed by atoms with Crippen LogP contribution in [0.2, 0.25) is 0 Å². The lowest BCUT2D eigenvalue weighted by Gasteiger charge is -2.33. The third-order valence-corrected chi connectivity index (χ3v) is 4.92. The van der Waals surface area contributed by atoms with Crippen molar-refractivity contribution in [3.8, 4) is 11.5 Å². The lowest BCUT2D eigenvalue weighted by molar-refractivity contribution is -0.117. The number of carbonyl (C=O) groups is 3. The van der Waals surface area contributed by atoms with Gasteiger partial charge in [0.15, 0.2) is 23.0 Å². The fraction of sp³-hybridized carbons (Fsp3) is 0.350. The number of amides is 2. The van der Waals surface area contributed by atoms with Crippen molar-refractivity contribution >= 4 is 23.3 Å². The number of hydrogen-bond donors (Lipinski definition) is 1. The number of nitrogens with one attached hydrogen (secondary N) is 1. The molecule has 2 aromatic rings. The van der Waals surface area contributed by atoms with E-state index in [9.17, 15) is 14.4 Å². The standard InChI is InChI=1S/C20H21N3O6/c1-13(24)14-9-17-18(29-12-28-17)10-15(14)21-19(25)11-22-4-6-23(7-5-22)20(26)16-3-2-8-27-16/h2-3,8-10H,4-7,11-12H2,1H3,(H,21,25). The van der Waals surface area contributed by atoms with E-state index in [1.165, 1.54) is 13.2 Å². The molecule has 1 aromatic heterocycles. The first-order valence-electron chi connectivity index (χ1n) is 9.31. The lowest BCUT2D eigenvalue weighted by Crippen LogP contribution is -2.50. The Labute approximate surface area is 167 Å². The summed E-state index contributed by atoms with van der Waals surface area (Å²) in [5.41, 5.74) is 0.773. The number of fused-ring (bicyclic) bond motifs is 1. The molecule has 0 unspecified atom stereocenters. The highest BCUT2D eigenvalue weighted by Crippen LogP contribution is 2.37. The zero-order valence-electron chi connectivity index (χ0n) is 16.0. The molecule has 1 aromatic carbocycles. The second kappa shape index (κ2) is 7.96. The molecule has 1 N–H and O–H groups in total. The molecule has 2 aliphatic heterocycles. The van der Waals surface area contributed by atoms with Crippen molar-refractivity contribution in [2.45, 2.75) is 6.92 Å². The summed E-state index contributed by atoms with van der Waals surface area (Å²) in [6, 6.07) is 6.51. The maximum atomic E-state index is 12.5. The Bertz CT molecular complexity index is 932. The highest BCUT2D eigenvalue weighted by Gasteiger charge is 2.25. The van der Waals surface area contributed by atoms with Gasteiger partial charge in [0.2, 0.25) is 12.7 Å². The van der Waals surface area contributed by atoms with Gasteiger partial charge in [0.25, 0.3) is 5.91 Å². The summed E-state index contributed by atoms with van der Waals surface area (Å²) in [5.74, 6) is 0.739. The van der Waals surface area contributed by atoms with Crippen molar-refractivity contribution in [2.75, 3.05) is 44.8 Å². The van der Waals surface area contributed by atoms with Gasteiger partial charge in [-0.1, -0.05) is 0 Å². The first-order chi connectivity index (χ1) is 14.0. The van der Waals surface area contributed by atoms with E-state index in [2.05, 4.69) is 5.32 Å². The van der Waals surface area contributed by atoms with Gasteiger partial charge in [0.05, 0.1) is 18.5 Å². The predicted molar refractivity (Wildman–Crippen MR) is 102 cm³/mol. The number of ether oxygens (including phenoxy) is 2. The fourth-order valence-electron chi connectivity index (χ4n) is 3.39. The van der Waals surface area contributed by atoms with Gasteiger partial charge >= 0.3 is 0 Å². The maximum absolute atomic E-state index is 12.5. The Hall–Kier alpha value is -3.33. The van der Waals surface area contributed by atoms with Gasteiger partial charge in [0, 0.05) is 37.8 Å². The van der Waals surface area contributed by atoms with Gasteiger partial charge < -0.3 is 24.1 Å². The number of ketones is 1. The van der Waals surface area contributed by atoms with Crippen LogP contribution in [0.1, 0.15) is 27.8 Å². The third kappa shape index (κ3) is 4.09. The molecule has 152 valence electrons. The fourth-order valence-corrected chi connectivity index (χ4v) is 3.39. The summed E-state index contributed by atoms with van der Waals surface area (Å²) in [5, 5.41) is 2.79. The van der Waals surface area contributed by atoms with E-state index in [0.29, 0.717) is 54.7 Å². The molecule has 9 heteroatoms. The van der Waals surface area contributed by atoms with E-state index in [0.717, 1.165) is 0 Å². The van der Waals surface area contributed by atoms with E-state index >= 15 is 0 Å². The first-order valence-corrected chi connectivity index (χ1v) is 9.31. The average Bonchev–Trinajstić information content (AvgIpc) is 3.39. The van der Waals surface area contributed by atoms with Crippen molar-refractivity contribution in [3.05, 3.63) is 41.9 Å². The van der Waals surface area contributed by atoms with Gasteiger partial charge in [0.1, 0.15) is 0 Å². The summed E-state index contributed by atoms with van der Waals surface area (Å²) in [6.45, 7) is 3.84. The number of Topliss-reactive ketones (excluding diaryl/α,β-unsaturated/α-hetero) is 1. The maximum Gasteiger partial charge on any atom is 0.289 e. The van der Waals surface area contributed by atoms with Crippen LogP contribution in [0.25, 0.3) is 0 Å². The van der Waals surface area contributed by atoms with Crippen LogP contribution in [0.3, 0.4) is 0 Å². The summed E-state index contributed by atoms with van der Waals surface area (Å²) in [7, 11) is 0. The number of rotatable bonds is 5. The minimum Gasteiger partial charge on any atom is -0.459 e. The molecule has 4 rings (SSSR count). The van der Waals surface area contributed by atoms with Crippen LogP contribution in [0.5, 0.6) is 11.5 Å². The summed E-state index contributed by atoms with van der Waals surface area (Å²) >= 11 is 0. The molecular formula is C20H21N3O6. The van der Waals surface area contributed by atoms with E-state index in [-0.39, 0.29) is 30.9 Å². The molecule has 0 spiro atoms. The first kappa shape index (κ1) is 19.0. The van der Waals surface area contributed by atoms with E-state index < -0.39 is 0 Å². The predicted octanol–water partition coefficient (Wildman–Crippen LogP) is 1.61. The monoisotopic (exact) mass is 399 g/mol. The number of benzene rings is 1. The third-order valence-electron chi connectivity index (χ3n) is 4.92. The van der Waals surface area contributed by atoms with Crippen molar-refractivity contribution in [1.82, 2.24) is 9.80 Å². The van der Waals surface area contributed by atoms with E-state index in [4.69, 9.17) is 13.9 Å². The number of nitrogens with zero attached hydrogens (tertiary/aromatic N) is 2. The largest absolute Gasteiger partial charge is 0.459 e. The van der Waals surface area contributed by atoms with Crippen molar-refractivity contribution in [1.29, 1.82) is 0 Å². The molecule has 3 heterocycles. The molecule has 0 bridgehead atoms. The Morgan fingerprint density at radius 3 is 2.45 bits per heavy atom. The van der Waals surface area contributed by atoms with Crippen molar-refractivity contribution < 1.29 is 28.3 Å². The van der Waals surface area contributed by atoms with Gasteiger partial charge in [-0.25, -0.2) is 0 Å². The number of piperazine rings is 1. The lowest BCUT2D eigenvalue weighted by atomic mass is 10.1. The molecule has 0 saturated carbocycles. The SMILES string of the molecule is CC(=O)c1cc2c(cc1NC(=O)CN1CCN(C(=O)c3ccco3)CC1)OCO2. The van der Waals surface area contributed by atoms with E-state index in [1.807, 2.05) is 4.90 Å². The average molecular weight is 399 g/mol. The van der Waals surface area contributed by atoms with Gasteiger partial charge in [-0.05, 0) is 25.1 Å². The normalized spacial score (nSPS) is 16.0. The zero-order valence-corrected chi connectivity index (χ0v) is 16.0. The smallest absolute Gasteiger partial charge is 0.289 e. The van der Waals surface area contributed by atoms with Crippen LogP contribution >= 0.6 is 0 Å². The number of hydrogen-bond acceptors (Lipinski definition) is 7. The quantitative estimate of drug-likeness (QED) is 0.762. The van der Waals surface area contributed by atoms with Gasteiger partial charge in [-0.2, -0.15) is 0 Å². The molecule has 1 saturated heterocycles. The minimum absolute atomic E-state index is 0.0884. The van der Waals surface area contributed by atoms with Crippen LogP contribution in [0.15, 0.2) is 34.9 Å². The molecule has 0 radical (unpaired) electrons. The highest BCUT2D eigenvalue weighted by atomic mass is 16.7. The van der Waals surface area contributed by atoms with Gasteiger partial charge in [-0.3, -0.25) is 19.3 Å². The van der Waals surface area contributed by atoms with Crippen LogP contribution < -0.4 is 14.8 Å². The zero-order chi connectivity index (χ0) is 20.4. The Balaban J connectivity index is 1.34. The molecule has 1 fully saturated rings. The minimum atomic E-state index is -0.239. The Kier molecular flexibility index (Phi) is 5.22. The molecule has 2 amide bonds. The van der Waals surface area contributed by atoms with E-state index in [1.54, 1.807) is 29.2 Å². The molecule has 9 nitrogen and oxygen atoms in total. The molecule has 2 aliphatic rings. The summed E-state index contributed by atoms with van der Waals surface area (Å²) in [6.07, 6.45) is 1.47. The van der Waals surface area contributed by atoms with Crippen LogP contribution in [-0.2, 0) is 4.79 Å². The molecule has 0 atom stereocenters. The van der Waals surface area contributed by atoms with Crippen molar-refractivity contribution in [3.63, 3.8) is 0 Å². The highest BCUT2D eigenvalue weighted by molar-refractivity contribution is 6.05. The molecular weight excluding hydrogens is 378 g/mol. The van der Waals surface area contributed by atoms with Crippen LogP contribution in [0.4, 0.5) is 5.69 Å². The second-order valence-electron chi connectivity index (χ2n) is 6.90. The molecule has 29 heavy (non-hydrogen) atoms. The topological polar surface area (TPSA) is 101 Å². The number of anilines is 1. The number of furan rings is 1. The Morgan fingerprint density at radius 1 is 1.07 bits per heavy atom.